The lowest BCUT2D eigenvalue weighted by Crippen LogP contribution is -2.58. The highest BCUT2D eigenvalue weighted by atomic mass is 28.3. The van der Waals surface area contributed by atoms with Crippen molar-refractivity contribution >= 4 is 57.6 Å². The number of hydrogen-bond acceptors (Lipinski definition) is 4. The predicted octanol–water partition coefficient (Wildman–Crippen LogP) is 9.16. The zero-order chi connectivity index (χ0) is 32.1. The number of imidazole rings is 1. The van der Waals surface area contributed by atoms with Gasteiger partial charge in [0.25, 0.3) is 0 Å². The van der Waals surface area contributed by atoms with Gasteiger partial charge in [0, 0.05) is 53.0 Å². The Morgan fingerprint density at radius 3 is 2.58 bits per heavy atom. The fraction of sp³-hybridized carbons (Fsp3) is 0.122. The summed E-state index contributed by atoms with van der Waals surface area (Å²) in [6, 6.07) is 33.2. The molecule has 2 aliphatic heterocycles. The van der Waals surface area contributed by atoms with E-state index in [-0.39, 0.29) is 11.8 Å². The van der Waals surface area contributed by atoms with Crippen LogP contribution in [0.4, 0.5) is 21.6 Å². The zero-order valence-corrected chi connectivity index (χ0v) is 27.5. The van der Waals surface area contributed by atoms with E-state index in [2.05, 4.69) is 95.4 Å². The van der Waals surface area contributed by atoms with E-state index in [0.717, 1.165) is 50.6 Å². The Labute approximate surface area is 278 Å². The van der Waals surface area contributed by atoms with Crippen molar-refractivity contribution in [1.29, 1.82) is 0 Å². The highest BCUT2D eigenvalue weighted by Gasteiger charge is 2.41. The van der Waals surface area contributed by atoms with Crippen molar-refractivity contribution in [3.8, 4) is 5.69 Å². The summed E-state index contributed by atoms with van der Waals surface area (Å²) in [7, 11) is -2.16. The Balaban J connectivity index is 1.08. The molecule has 0 amide bonds. The molecule has 0 saturated heterocycles. The van der Waals surface area contributed by atoms with Gasteiger partial charge in [0.1, 0.15) is 30.9 Å². The molecule has 3 unspecified atom stereocenters. The molecule has 10 rings (SSSR count). The van der Waals surface area contributed by atoms with E-state index in [1.165, 1.54) is 15.9 Å². The number of alkyl halides is 1. The van der Waals surface area contributed by atoms with Crippen LogP contribution in [-0.2, 0) is 0 Å². The molecule has 3 aliphatic rings. The molecule has 0 fully saturated rings. The van der Waals surface area contributed by atoms with Crippen molar-refractivity contribution < 1.29 is 8.81 Å². The van der Waals surface area contributed by atoms with Gasteiger partial charge in [-0.15, -0.1) is 0 Å². The van der Waals surface area contributed by atoms with Crippen LogP contribution in [-0.4, -0.2) is 22.6 Å². The molecule has 3 aromatic heterocycles. The van der Waals surface area contributed by atoms with E-state index >= 15 is 4.39 Å². The third kappa shape index (κ3) is 3.82. The summed E-state index contributed by atoms with van der Waals surface area (Å²) in [4.78, 5) is 11.9. The molecule has 7 aromatic rings. The van der Waals surface area contributed by atoms with E-state index in [9.17, 15) is 0 Å². The Morgan fingerprint density at radius 2 is 1.65 bits per heavy atom. The number of allylic oxidation sites excluding steroid dienone is 4. The smallest absolute Gasteiger partial charge is 0.150 e. The molecule has 0 spiro atoms. The fourth-order valence-corrected chi connectivity index (χ4v) is 11.1. The molecule has 1 aliphatic carbocycles. The molecular weight excluding hydrogens is 612 g/mol. The van der Waals surface area contributed by atoms with Crippen molar-refractivity contribution in [3.63, 3.8) is 0 Å². The van der Waals surface area contributed by atoms with Crippen LogP contribution in [0.25, 0.3) is 27.6 Å². The quantitative estimate of drug-likeness (QED) is 0.180. The fourth-order valence-electron chi connectivity index (χ4n) is 8.20. The molecule has 4 aromatic carbocycles. The van der Waals surface area contributed by atoms with E-state index < -0.39 is 14.2 Å². The number of aromatic nitrogens is 3. The van der Waals surface area contributed by atoms with Crippen molar-refractivity contribution in [3.05, 3.63) is 156 Å². The summed E-state index contributed by atoms with van der Waals surface area (Å²) in [6.45, 7) is 4.77. The summed E-state index contributed by atoms with van der Waals surface area (Å²) < 4.78 is 25.3. The van der Waals surface area contributed by atoms with Gasteiger partial charge in [-0.05, 0) is 63.5 Å². The van der Waals surface area contributed by atoms with Gasteiger partial charge in [-0.2, -0.15) is 0 Å². The second-order valence-corrected chi connectivity index (χ2v) is 17.9. The number of hydrogen-bond donors (Lipinski definition) is 0. The maximum Gasteiger partial charge on any atom is 0.150 e. The first-order valence-corrected chi connectivity index (χ1v) is 19.5. The minimum atomic E-state index is -2.16. The van der Waals surface area contributed by atoms with Gasteiger partial charge in [0.05, 0.1) is 11.4 Å². The minimum Gasteiger partial charge on any atom is -0.456 e. The van der Waals surface area contributed by atoms with E-state index in [4.69, 9.17) is 14.4 Å². The number of anilines is 3. The molecular formula is C41H31FN4OSi. The summed E-state index contributed by atoms with van der Waals surface area (Å²) in [5.41, 5.74) is 7.25. The molecule has 3 atom stereocenters. The second kappa shape index (κ2) is 9.98. The van der Waals surface area contributed by atoms with Crippen LogP contribution in [0.15, 0.2) is 144 Å². The molecule has 0 bridgehead atoms. The van der Waals surface area contributed by atoms with Gasteiger partial charge in [0.15, 0.2) is 6.17 Å². The van der Waals surface area contributed by atoms with Crippen molar-refractivity contribution in [2.45, 2.75) is 31.1 Å². The highest BCUT2D eigenvalue weighted by molar-refractivity contribution is 7.02. The van der Waals surface area contributed by atoms with Gasteiger partial charge in [-0.1, -0.05) is 85.9 Å². The molecule has 232 valence electrons. The largest absolute Gasteiger partial charge is 0.456 e. The number of para-hydroxylation sites is 2. The summed E-state index contributed by atoms with van der Waals surface area (Å²) >= 11 is 0. The van der Waals surface area contributed by atoms with Crippen molar-refractivity contribution in [1.82, 2.24) is 14.5 Å². The minimum absolute atomic E-state index is 0.0419. The maximum absolute atomic E-state index is 16.8. The molecule has 0 saturated carbocycles. The zero-order valence-electron chi connectivity index (χ0n) is 26.5. The van der Waals surface area contributed by atoms with Crippen LogP contribution >= 0.6 is 0 Å². The molecule has 7 heteroatoms. The third-order valence-corrected chi connectivity index (χ3v) is 14.1. The average molecular weight is 643 g/mol. The lowest BCUT2D eigenvalue weighted by atomic mass is 9.77. The molecule has 48 heavy (non-hydrogen) atoms. The topological polar surface area (TPSA) is 47.1 Å². The first-order chi connectivity index (χ1) is 23.5. The van der Waals surface area contributed by atoms with Gasteiger partial charge in [0.2, 0.25) is 0 Å². The standard InChI is InChI=1S/C41H31FN4OSi/c1-48(2)37-15-8-18-43-41(37)46(34-24-36-31(23-38(34)48)30-12-4-6-14-35(30)47-36)27-10-7-9-25(21-27)39(42)26-16-17-28-29-11-3-5-13-33(29)45-20-19-44-40(45)32(28)22-26/h3-24,28,32,39H,1-2H3. The molecule has 5 heterocycles. The monoisotopic (exact) mass is 642 g/mol. The van der Waals surface area contributed by atoms with Crippen molar-refractivity contribution in [2.24, 2.45) is 0 Å². The van der Waals surface area contributed by atoms with Crippen LogP contribution < -0.4 is 15.3 Å². The van der Waals surface area contributed by atoms with Gasteiger partial charge in [-0.25, -0.2) is 14.4 Å². The Morgan fingerprint density at radius 1 is 0.771 bits per heavy atom. The molecule has 0 N–H and O–H groups in total. The van der Waals surface area contributed by atoms with Crippen LogP contribution in [0, 0.1) is 0 Å². The van der Waals surface area contributed by atoms with E-state index in [1.54, 1.807) is 0 Å². The van der Waals surface area contributed by atoms with Crippen LogP contribution in [0.2, 0.25) is 13.1 Å². The van der Waals surface area contributed by atoms with E-state index in [0.29, 0.717) is 11.1 Å². The van der Waals surface area contributed by atoms with Crippen LogP contribution in [0.3, 0.4) is 0 Å². The summed E-state index contributed by atoms with van der Waals surface area (Å²) in [6.07, 6.45) is 10.6. The first-order valence-electron chi connectivity index (χ1n) is 16.5. The SMILES string of the molecule is C[Si]1(C)c2cc3c(cc2N(c2cccc(C(F)C4=CC5c6nccn6-c6ccccc6C5C=C4)c2)c2ncccc21)oc1ccccc13. The lowest BCUT2D eigenvalue weighted by molar-refractivity contribution is 0.397. The number of nitrogens with zero attached hydrogens (tertiary/aromatic N) is 4. The van der Waals surface area contributed by atoms with Gasteiger partial charge >= 0.3 is 0 Å². The number of fused-ring (bicyclic) bond motifs is 11. The van der Waals surface area contributed by atoms with Crippen LogP contribution in [0.5, 0.6) is 0 Å². The van der Waals surface area contributed by atoms with Crippen LogP contribution in [0.1, 0.15) is 35.0 Å². The normalized spacial score (nSPS) is 19.2. The number of rotatable bonds is 3. The Kier molecular flexibility index (Phi) is 5.73. The molecule has 5 nitrogen and oxygen atoms in total. The summed E-state index contributed by atoms with van der Waals surface area (Å²) in [5, 5.41) is 4.80. The third-order valence-electron chi connectivity index (χ3n) is 10.6. The Hall–Kier alpha value is -5.53. The average Bonchev–Trinajstić information content (AvgIpc) is 3.76. The predicted molar refractivity (Wildman–Crippen MR) is 193 cm³/mol. The second-order valence-electron chi connectivity index (χ2n) is 13.5. The number of pyridine rings is 1. The summed E-state index contributed by atoms with van der Waals surface area (Å²) in [5.74, 6) is 1.92. The maximum atomic E-state index is 16.8. The van der Waals surface area contributed by atoms with Gasteiger partial charge in [-0.3, -0.25) is 4.90 Å². The molecule has 0 radical (unpaired) electrons. The first kappa shape index (κ1) is 27.6. The number of furan rings is 1. The highest BCUT2D eigenvalue weighted by Crippen LogP contribution is 2.48. The number of benzene rings is 4. The Bertz CT molecular complexity index is 2510. The lowest BCUT2D eigenvalue weighted by Gasteiger charge is -2.40. The van der Waals surface area contributed by atoms with Crippen molar-refractivity contribution in [2.75, 3.05) is 4.90 Å². The van der Waals surface area contributed by atoms with E-state index in [1.807, 2.05) is 61.1 Å². The van der Waals surface area contributed by atoms with Gasteiger partial charge < -0.3 is 8.98 Å². The number of halogens is 1.